The van der Waals surface area contributed by atoms with Crippen LogP contribution in [-0.2, 0) is 23.7 Å². The molecule has 1 aliphatic heterocycles. The summed E-state index contributed by atoms with van der Waals surface area (Å²) in [6.45, 7) is 4.62. The summed E-state index contributed by atoms with van der Waals surface area (Å²) < 4.78 is 22.9. The summed E-state index contributed by atoms with van der Waals surface area (Å²) in [5.74, 6) is -0.306. The van der Waals surface area contributed by atoms with E-state index < -0.39 is 43.4 Å². The Morgan fingerprint density at radius 1 is 0.483 bits per heavy atom. The van der Waals surface area contributed by atoms with Gasteiger partial charge in [0.2, 0.25) is 0 Å². The van der Waals surface area contributed by atoms with Crippen molar-refractivity contribution < 1.29 is 44.2 Å². The number of hydrogen-bond donors (Lipinski definition) is 4. The van der Waals surface area contributed by atoms with E-state index in [-0.39, 0.29) is 19.2 Å². The lowest BCUT2D eigenvalue weighted by Crippen LogP contribution is -2.59. The van der Waals surface area contributed by atoms with Crippen LogP contribution in [0.2, 0.25) is 0 Å². The monoisotopic (exact) mass is 829 g/mol. The largest absolute Gasteiger partial charge is 0.457 e. The van der Waals surface area contributed by atoms with E-state index >= 15 is 0 Å². The lowest BCUT2D eigenvalue weighted by Gasteiger charge is -2.39. The van der Waals surface area contributed by atoms with E-state index in [0.29, 0.717) is 13.0 Å². The number of rotatable bonds is 44. The lowest BCUT2D eigenvalue weighted by atomic mass is 9.99. The Hall–Kier alpha value is -0.810. The van der Waals surface area contributed by atoms with E-state index in [9.17, 15) is 25.2 Å². The summed E-state index contributed by atoms with van der Waals surface area (Å²) in [5, 5.41) is 40.2. The molecule has 0 amide bonds. The van der Waals surface area contributed by atoms with Gasteiger partial charge in [0.25, 0.3) is 0 Å². The molecule has 9 nitrogen and oxygen atoms in total. The Bertz CT molecular complexity index is 858. The minimum atomic E-state index is -1.53. The van der Waals surface area contributed by atoms with E-state index in [2.05, 4.69) is 13.8 Å². The molecule has 1 heterocycles. The van der Waals surface area contributed by atoms with E-state index in [0.717, 1.165) is 32.1 Å². The highest BCUT2D eigenvalue weighted by atomic mass is 16.7. The first-order chi connectivity index (χ1) is 28.4. The molecule has 346 valence electrons. The number of aliphatic hydroxyl groups excluding tert-OH is 4. The van der Waals surface area contributed by atoms with Crippen LogP contribution in [0.5, 0.6) is 0 Å². The number of aliphatic hydroxyl groups is 4. The number of esters is 1. The second-order valence-corrected chi connectivity index (χ2v) is 17.6. The molecular formula is C49H96O9. The molecule has 0 bridgehead atoms. The van der Waals surface area contributed by atoms with Gasteiger partial charge in [-0.25, -0.2) is 0 Å². The van der Waals surface area contributed by atoms with Crippen molar-refractivity contribution in [2.45, 2.75) is 282 Å². The third-order valence-corrected chi connectivity index (χ3v) is 12.0. The van der Waals surface area contributed by atoms with E-state index in [1.165, 1.54) is 193 Å². The SMILES string of the molecule is CCCCCCCCCCCCCCCCCCCCCCOCC(COC1OC(CO)C(O)C(O)C1O)OC(=O)CCCCCCCCCCCCCCCCC. The molecule has 1 fully saturated rings. The fourth-order valence-corrected chi connectivity index (χ4v) is 8.08. The molecule has 0 saturated carbocycles. The molecule has 0 aliphatic carbocycles. The zero-order valence-corrected chi connectivity index (χ0v) is 38.1. The van der Waals surface area contributed by atoms with Crippen molar-refractivity contribution in [1.29, 1.82) is 0 Å². The molecule has 0 aromatic carbocycles. The van der Waals surface area contributed by atoms with Crippen molar-refractivity contribution in [2.24, 2.45) is 0 Å². The molecule has 0 spiro atoms. The maximum atomic E-state index is 12.8. The first-order valence-corrected chi connectivity index (χ1v) is 25.1. The zero-order chi connectivity index (χ0) is 42.2. The Morgan fingerprint density at radius 2 is 0.845 bits per heavy atom. The molecule has 1 rings (SSSR count). The van der Waals surface area contributed by atoms with Crippen LogP contribution in [0.1, 0.15) is 245 Å². The molecular weight excluding hydrogens is 733 g/mol. The lowest BCUT2D eigenvalue weighted by molar-refractivity contribution is -0.305. The fraction of sp³-hybridized carbons (Fsp3) is 0.980. The fourth-order valence-electron chi connectivity index (χ4n) is 8.08. The summed E-state index contributed by atoms with van der Waals surface area (Å²) in [5.41, 5.74) is 0. The van der Waals surface area contributed by atoms with Gasteiger partial charge < -0.3 is 39.4 Å². The van der Waals surface area contributed by atoms with Crippen molar-refractivity contribution in [3.8, 4) is 0 Å². The van der Waals surface area contributed by atoms with Gasteiger partial charge in [-0.2, -0.15) is 0 Å². The van der Waals surface area contributed by atoms with Crippen molar-refractivity contribution in [2.75, 3.05) is 26.4 Å². The Morgan fingerprint density at radius 3 is 1.22 bits per heavy atom. The van der Waals surface area contributed by atoms with Gasteiger partial charge in [0.15, 0.2) is 6.29 Å². The summed E-state index contributed by atoms with van der Waals surface area (Å²) in [6, 6.07) is 0. The number of unbranched alkanes of at least 4 members (excludes halogenated alkanes) is 33. The van der Waals surface area contributed by atoms with E-state index in [4.69, 9.17) is 18.9 Å². The Labute approximate surface area is 357 Å². The topological polar surface area (TPSA) is 135 Å². The molecule has 6 unspecified atom stereocenters. The predicted molar refractivity (Wildman–Crippen MR) is 238 cm³/mol. The average molecular weight is 829 g/mol. The number of hydrogen-bond acceptors (Lipinski definition) is 9. The molecule has 0 aromatic rings. The summed E-state index contributed by atoms with van der Waals surface area (Å²) >= 11 is 0. The molecule has 0 radical (unpaired) electrons. The standard InChI is InChI=1S/C49H96O9/c1-3-5-7-9-11-13-15-17-19-20-21-22-23-25-27-29-31-33-35-37-39-55-41-43(42-56-49-48(54)47(53)46(52)44(40-50)58-49)57-45(51)38-36-34-32-30-28-26-24-18-16-14-12-10-8-6-4-2/h43-44,46-50,52-54H,3-42H2,1-2H3. The van der Waals surface area contributed by atoms with E-state index in [1.54, 1.807) is 0 Å². The van der Waals surface area contributed by atoms with Crippen molar-refractivity contribution in [1.82, 2.24) is 0 Å². The molecule has 9 heteroatoms. The van der Waals surface area contributed by atoms with Crippen LogP contribution in [0.15, 0.2) is 0 Å². The first kappa shape index (κ1) is 55.2. The van der Waals surface area contributed by atoms with Gasteiger partial charge in [-0.05, 0) is 12.8 Å². The Kier molecular flexibility index (Phi) is 39.5. The second kappa shape index (κ2) is 41.5. The summed E-state index contributed by atoms with van der Waals surface area (Å²) in [6.07, 6.45) is 38.5. The van der Waals surface area contributed by atoms with Crippen molar-refractivity contribution >= 4 is 5.97 Å². The molecule has 1 aliphatic rings. The molecule has 58 heavy (non-hydrogen) atoms. The normalized spacial score (nSPS) is 20.1. The average Bonchev–Trinajstić information content (AvgIpc) is 3.22. The number of ether oxygens (including phenoxy) is 4. The van der Waals surface area contributed by atoms with Crippen LogP contribution >= 0.6 is 0 Å². The summed E-state index contributed by atoms with van der Waals surface area (Å²) in [4.78, 5) is 12.8. The molecule has 6 atom stereocenters. The third-order valence-electron chi connectivity index (χ3n) is 12.0. The molecule has 1 saturated heterocycles. The van der Waals surface area contributed by atoms with Gasteiger partial charge in [-0.1, -0.05) is 226 Å². The quantitative estimate of drug-likeness (QED) is 0.0350. The van der Waals surface area contributed by atoms with Gasteiger partial charge in [0.1, 0.15) is 30.5 Å². The smallest absolute Gasteiger partial charge is 0.306 e. The van der Waals surface area contributed by atoms with Crippen molar-refractivity contribution in [3.05, 3.63) is 0 Å². The van der Waals surface area contributed by atoms with Gasteiger partial charge in [0.05, 0.1) is 19.8 Å². The highest BCUT2D eigenvalue weighted by molar-refractivity contribution is 5.69. The second-order valence-electron chi connectivity index (χ2n) is 17.6. The number of carbonyl (C=O) groups excluding carboxylic acids is 1. The van der Waals surface area contributed by atoms with Gasteiger partial charge >= 0.3 is 5.97 Å². The third kappa shape index (κ3) is 32.0. The van der Waals surface area contributed by atoms with Gasteiger partial charge in [-0.3, -0.25) is 4.79 Å². The highest BCUT2D eigenvalue weighted by Gasteiger charge is 2.44. The van der Waals surface area contributed by atoms with E-state index in [1.807, 2.05) is 0 Å². The van der Waals surface area contributed by atoms with Crippen LogP contribution in [0, 0.1) is 0 Å². The number of carbonyl (C=O) groups is 1. The minimum Gasteiger partial charge on any atom is -0.457 e. The maximum Gasteiger partial charge on any atom is 0.306 e. The maximum absolute atomic E-state index is 12.8. The van der Waals surface area contributed by atoms with Crippen LogP contribution in [-0.4, -0.2) is 89.6 Å². The van der Waals surface area contributed by atoms with Crippen LogP contribution in [0.4, 0.5) is 0 Å². The van der Waals surface area contributed by atoms with Crippen molar-refractivity contribution in [3.63, 3.8) is 0 Å². The highest BCUT2D eigenvalue weighted by Crippen LogP contribution is 2.23. The molecule has 4 N–H and O–H groups in total. The predicted octanol–water partition coefficient (Wildman–Crippen LogP) is 11.8. The summed E-state index contributed by atoms with van der Waals surface area (Å²) in [7, 11) is 0. The van der Waals surface area contributed by atoms with Gasteiger partial charge in [-0.15, -0.1) is 0 Å². The minimum absolute atomic E-state index is 0.105. The van der Waals surface area contributed by atoms with Crippen LogP contribution < -0.4 is 0 Å². The van der Waals surface area contributed by atoms with Crippen LogP contribution in [0.3, 0.4) is 0 Å². The zero-order valence-electron chi connectivity index (χ0n) is 38.1. The molecule has 0 aromatic heterocycles. The van der Waals surface area contributed by atoms with Crippen LogP contribution in [0.25, 0.3) is 0 Å². The Balaban J connectivity index is 2.18. The first-order valence-electron chi connectivity index (χ1n) is 25.1. The van der Waals surface area contributed by atoms with Gasteiger partial charge in [0, 0.05) is 13.0 Å².